The smallest absolute Gasteiger partial charge is 0.139 e. The second-order valence-corrected chi connectivity index (χ2v) is 2.76. The van der Waals surface area contributed by atoms with E-state index in [1.54, 1.807) is 6.92 Å². The zero-order valence-electron chi connectivity index (χ0n) is 6.33. The number of amidine groups is 1. The van der Waals surface area contributed by atoms with Gasteiger partial charge in [0.2, 0.25) is 0 Å². The highest BCUT2D eigenvalue weighted by Crippen LogP contribution is 1.99. The first-order valence-corrected chi connectivity index (χ1v) is 3.85. The lowest BCUT2D eigenvalue weighted by Gasteiger charge is -2.10. The topological polar surface area (TPSA) is 44.6 Å². The highest BCUT2D eigenvalue weighted by molar-refractivity contribution is 7.80. The first-order chi connectivity index (χ1) is 4.70. The van der Waals surface area contributed by atoms with E-state index in [0.717, 1.165) is 12.8 Å². The molecule has 0 radical (unpaired) electrons. The summed E-state index contributed by atoms with van der Waals surface area (Å²) in [6, 6.07) is 0. The Labute approximate surface area is 66.9 Å². The van der Waals surface area contributed by atoms with E-state index in [1.165, 1.54) is 0 Å². The minimum atomic E-state index is 0.0981. The molecule has 60 valence electrons. The van der Waals surface area contributed by atoms with Crippen molar-refractivity contribution >= 4 is 18.5 Å². The summed E-state index contributed by atoms with van der Waals surface area (Å²) >= 11 is 4.20. The van der Waals surface area contributed by atoms with Crippen molar-refractivity contribution in [2.45, 2.75) is 32.1 Å². The number of oxime groups is 1. The number of hydrogen-bond donors (Lipinski definition) is 3. The predicted molar refractivity (Wildman–Crippen MR) is 45.7 cm³/mol. The number of rotatable bonds is 3. The molecule has 0 bridgehead atoms. The SMILES string of the molecule is CCC[C@H](S)N/C(C)=N\O. The molecule has 4 heteroatoms. The van der Waals surface area contributed by atoms with E-state index in [0.29, 0.717) is 5.84 Å². The summed E-state index contributed by atoms with van der Waals surface area (Å²) in [5.41, 5.74) is 0. The van der Waals surface area contributed by atoms with Crippen molar-refractivity contribution in [3.63, 3.8) is 0 Å². The number of nitrogens with zero attached hydrogens (tertiary/aromatic N) is 1. The van der Waals surface area contributed by atoms with Crippen molar-refractivity contribution in [1.82, 2.24) is 5.32 Å². The van der Waals surface area contributed by atoms with Crippen LogP contribution in [0.2, 0.25) is 0 Å². The van der Waals surface area contributed by atoms with Gasteiger partial charge in [-0.1, -0.05) is 18.5 Å². The normalized spacial score (nSPS) is 14.9. The van der Waals surface area contributed by atoms with Gasteiger partial charge in [-0.25, -0.2) is 0 Å². The van der Waals surface area contributed by atoms with E-state index in [-0.39, 0.29) is 5.37 Å². The van der Waals surface area contributed by atoms with Crippen LogP contribution in [0.1, 0.15) is 26.7 Å². The summed E-state index contributed by atoms with van der Waals surface area (Å²) in [5, 5.41) is 14.2. The average Bonchev–Trinajstić information content (AvgIpc) is 1.88. The fraction of sp³-hybridized carbons (Fsp3) is 0.833. The predicted octanol–water partition coefficient (Wildman–Crippen LogP) is 1.44. The maximum absolute atomic E-state index is 8.24. The Kier molecular flexibility index (Phi) is 5.20. The molecule has 0 spiro atoms. The molecule has 1 atom stereocenters. The quantitative estimate of drug-likeness (QED) is 0.147. The standard InChI is InChI=1S/C6H14N2OS/c1-3-4-6(10)7-5(2)8-9/h6,9-10H,3-4H2,1-2H3,(H,7,8)/t6-/m0/s1. The molecular formula is C6H14N2OS. The van der Waals surface area contributed by atoms with Crippen molar-refractivity contribution in [2.24, 2.45) is 5.16 Å². The maximum Gasteiger partial charge on any atom is 0.139 e. The van der Waals surface area contributed by atoms with Gasteiger partial charge in [0.1, 0.15) is 5.84 Å². The van der Waals surface area contributed by atoms with Crippen molar-refractivity contribution in [2.75, 3.05) is 0 Å². The lowest BCUT2D eigenvalue weighted by Crippen LogP contribution is -2.28. The molecular weight excluding hydrogens is 148 g/mol. The molecule has 2 N–H and O–H groups in total. The van der Waals surface area contributed by atoms with Crippen molar-refractivity contribution in [3.8, 4) is 0 Å². The third-order valence-corrected chi connectivity index (χ3v) is 1.47. The van der Waals surface area contributed by atoms with Gasteiger partial charge < -0.3 is 10.5 Å². The largest absolute Gasteiger partial charge is 0.409 e. The van der Waals surface area contributed by atoms with Gasteiger partial charge in [-0.05, 0) is 13.3 Å². The van der Waals surface area contributed by atoms with Crippen molar-refractivity contribution in [3.05, 3.63) is 0 Å². The molecule has 0 aliphatic carbocycles. The average molecular weight is 162 g/mol. The molecule has 0 aromatic carbocycles. The van der Waals surface area contributed by atoms with Crippen LogP contribution >= 0.6 is 12.6 Å². The van der Waals surface area contributed by atoms with E-state index in [9.17, 15) is 0 Å². The second kappa shape index (κ2) is 5.41. The second-order valence-electron chi connectivity index (χ2n) is 2.13. The monoisotopic (exact) mass is 162 g/mol. The Morgan fingerprint density at radius 2 is 2.40 bits per heavy atom. The molecule has 0 unspecified atom stereocenters. The lowest BCUT2D eigenvalue weighted by atomic mass is 10.3. The van der Waals surface area contributed by atoms with Gasteiger partial charge in [-0.3, -0.25) is 0 Å². The van der Waals surface area contributed by atoms with Crippen molar-refractivity contribution < 1.29 is 5.21 Å². The van der Waals surface area contributed by atoms with E-state index in [4.69, 9.17) is 5.21 Å². The molecule has 10 heavy (non-hydrogen) atoms. The van der Waals surface area contributed by atoms with Crippen LogP contribution in [0.15, 0.2) is 5.16 Å². The molecule has 0 aliphatic heterocycles. The molecule has 0 saturated carbocycles. The zero-order valence-corrected chi connectivity index (χ0v) is 7.23. The third kappa shape index (κ3) is 4.49. The van der Waals surface area contributed by atoms with E-state index < -0.39 is 0 Å². The molecule has 0 heterocycles. The lowest BCUT2D eigenvalue weighted by molar-refractivity contribution is 0.316. The van der Waals surface area contributed by atoms with Crippen molar-refractivity contribution in [1.29, 1.82) is 0 Å². The Balaban J connectivity index is 3.47. The Morgan fingerprint density at radius 1 is 1.80 bits per heavy atom. The number of nitrogens with one attached hydrogen (secondary N) is 1. The summed E-state index contributed by atoms with van der Waals surface area (Å²) in [5.74, 6) is 0.508. The molecule has 0 amide bonds. The highest BCUT2D eigenvalue weighted by Gasteiger charge is 1.99. The van der Waals surface area contributed by atoms with Crippen LogP contribution in [0.4, 0.5) is 0 Å². The molecule has 0 fully saturated rings. The van der Waals surface area contributed by atoms with Crippen LogP contribution in [0, 0.1) is 0 Å². The molecule has 0 aromatic heterocycles. The van der Waals surface area contributed by atoms with E-state index in [1.807, 2.05) is 0 Å². The van der Waals surface area contributed by atoms with Crippen LogP contribution in [-0.4, -0.2) is 16.4 Å². The minimum absolute atomic E-state index is 0.0981. The molecule has 0 rings (SSSR count). The van der Waals surface area contributed by atoms with Crippen LogP contribution in [0.25, 0.3) is 0 Å². The van der Waals surface area contributed by atoms with Crippen LogP contribution in [-0.2, 0) is 0 Å². The van der Waals surface area contributed by atoms with Gasteiger partial charge in [-0.2, -0.15) is 12.6 Å². The van der Waals surface area contributed by atoms with Crippen LogP contribution < -0.4 is 5.32 Å². The molecule has 0 saturated heterocycles. The van der Waals surface area contributed by atoms with Gasteiger partial charge in [-0.15, -0.1) is 0 Å². The number of hydrogen-bond acceptors (Lipinski definition) is 3. The molecule has 3 nitrogen and oxygen atoms in total. The summed E-state index contributed by atoms with van der Waals surface area (Å²) in [4.78, 5) is 0. The summed E-state index contributed by atoms with van der Waals surface area (Å²) < 4.78 is 0. The van der Waals surface area contributed by atoms with E-state index in [2.05, 4.69) is 30.0 Å². The Morgan fingerprint density at radius 3 is 2.80 bits per heavy atom. The van der Waals surface area contributed by atoms with Gasteiger partial charge in [0.25, 0.3) is 0 Å². The van der Waals surface area contributed by atoms with Crippen LogP contribution in [0.5, 0.6) is 0 Å². The van der Waals surface area contributed by atoms with E-state index >= 15 is 0 Å². The summed E-state index contributed by atoms with van der Waals surface area (Å²) in [7, 11) is 0. The van der Waals surface area contributed by atoms with Gasteiger partial charge in [0.15, 0.2) is 0 Å². The van der Waals surface area contributed by atoms with Crippen LogP contribution in [0.3, 0.4) is 0 Å². The Bertz CT molecular complexity index is 116. The number of thiol groups is 1. The summed E-state index contributed by atoms with van der Waals surface area (Å²) in [6.45, 7) is 3.77. The first kappa shape index (κ1) is 9.62. The summed E-state index contributed by atoms with van der Waals surface area (Å²) in [6.07, 6.45) is 2.04. The third-order valence-electron chi connectivity index (χ3n) is 1.09. The zero-order chi connectivity index (χ0) is 7.98. The maximum atomic E-state index is 8.24. The van der Waals surface area contributed by atoms with Gasteiger partial charge in [0.05, 0.1) is 5.37 Å². The van der Waals surface area contributed by atoms with Gasteiger partial charge in [0, 0.05) is 0 Å². The molecule has 0 aromatic rings. The van der Waals surface area contributed by atoms with Gasteiger partial charge >= 0.3 is 0 Å². The first-order valence-electron chi connectivity index (χ1n) is 3.34. The Hall–Kier alpha value is -0.380. The fourth-order valence-corrected chi connectivity index (χ4v) is 1.06. The fourth-order valence-electron chi connectivity index (χ4n) is 0.616. The minimum Gasteiger partial charge on any atom is -0.409 e. The highest BCUT2D eigenvalue weighted by atomic mass is 32.1. The molecule has 0 aliphatic rings.